The van der Waals surface area contributed by atoms with Gasteiger partial charge in [-0.25, -0.2) is 0 Å². The van der Waals surface area contributed by atoms with Crippen molar-refractivity contribution in [3.8, 4) is 0 Å². The third kappa shape index (κ3) is 2.96. The Morgan fingerprint density at radius 3 is 2.65 bits per heavy atom. The van der Waals surface area contributed by atoms with E-state index in [1.165, 1.54) is 12.5 Å². The minimum absolute atomic E-state index is 0.0187. The fourth-order valence-corrected chi connectivity index (χ4v) is 3.95. The number of pyridine rings is 1. The number of Topliss-reactive ketones (excluding diaryl/α,β-unsaturated/α-hetero) is 1. The molecule has 1 saturated carbocycles. The van der Waals surface area contributed by atoms with E-state index in [1.54, 1.807) is 11.9 Å². The molecule has 23 heavy (non-hydrogen) atoms. The monoisotopic (exact) mass is 316 g/mol. The Morgan fingerprint density at radius 1 is 1.17 bits per heavy atom. The quantitative estimate of drug-likeness (QED) is 0.911. The summed E-state index contributed by atoms with van der Waals surface area (Å²) in [6.07, 6.45) is 6.35. The van der Waals surface area contributed by atoms with Gasteiger partial charge in [0.05, 0.1) is 0 Å². The molecule has 0 unspecified atom stereocenters. The van der Waals surface area contributed by atoms with Gasteiger partial charge < -0.3 is 9.88 Å². The van der Waals surface area contributed by atoms with Crippen molar-refractivity contribution < 1.29 is 9.59 Å². The van der Waals surface area contributed by atoms with E-state index < -0.39 is 0 Å². The molecule has 0 aromatic carbocycles. The van der Waals surface area contributed by atoms with Crippen molar-refractivity contribution in [3.63, 3.8) is 0 Å². The summed E-state index contributed by atoms with van der Waals surface area (Å²) in [5.41, 5.74) is 0.916. The molecule has 1 fully saturated rings. The smallest absolute Gasteiger partial charge is 0.261 e. The van der Waals surface area contributed by atoms with Crippen LogP contribution in [0.5, 0.6) is 0 Å². The fourth-order valence-electron chi connectivity index (χ4n) is 3.95. The number of amides is 1. The molecule has 1 amide bonds. The highest BCUT2D eigenvalue weighted by molar-refractivity contribution is 6.01. The SMILES string of the molecule is C[C@H]1CCCC[C@H]1N(C)C(=O)c1cc2c([nH]c1=O)CCCC2=O. The highest BCUT2D eigenvalue weighted by Gasteiger charge is 2.30. The maximum Gasteiger partial charge on any atom is 0.261 e. The molecule has 2 atom stereocenters. The first-order valence-corrected chi connectivity index (χ1v) is 8.55. The van der Waals surface area contributed by atoms with E-state index >= 15 is 0 Å². The molecule has 1 aromatic rings. The lowest BCUT2D eigenvalue weighted by Gasteiger charge is -2.36. The average Bonchev–Trinajstić information content (AvgIpc) is 2.54. The van der Waals surface area contributed by atoms with E-state index in [9.17, 15) is 14.4 Å². The topological polar surface area (TPSA) is 70.2 Å². The lowest BCUT2D eigenvalue weighted by atomic mass is 9.85. The molecule has 2 aliphatic carbocycles. The van der Waals surface area contributed by atoms with Gasteiger partial charge in [-0.1, -0.05) is 19.8 Å². The second-order valence-electron chi connectivity index (χ2n) is 6.93. The van der Waals surface area contributed by atoms with Gasteiger partial charge in [0.2, 0.25) is 0 Å². The summed E-state index contributed by atoms with van der Waals surface area (Å²) < 4.78 is 0. The van der Waals surface area contributed by atoms with Crippen LogP contribution < -0.4 is 5.56 Å². The summed E-state index contributed by atoms with van der Waals surface area (Å²) in [6.45, 7) is 2.16. The third-order valence-electron chi connectivity index (χ3n) is 5.37. The van der Waals surface area contributed by atoms with E-state index in [2.05, 4.69) is 11.9 Å². The third-order valence-corrected chi connectivity index (χ3v) is 5.37. The highest BCUT2D eigenvalue weighted by Crippen LogP contribution is 2.28. The van der Waals surface area contributed by atoms with E-state index in [4.69, 9.17) is 0 Å². The molecule has 2 aliphatic rings. The van der Waals surface area contributed by atoms with Crippen LogP contribution in [0.1, 0.15) is 71.9 Å². The van der Waals surface area contributed by atoms with E-state index in [0.717, 1.165) is 25.7 Å². The number of nitrogens with zero attached hydrogens (tertiary/aromatic N) is 1. The van der Waals surface area contributed by atoms with Gasteiger partial charge in [0.1, 0.15) is 5.56 Å². The van der Waals surface area contributed by atoms with Gasteiger partial charge in [-0.15, -0.1) is 0 Å². The summed E-state index contributed by atoms with van der Waals surface area (Å²) in [5.74, 6) is 0.187. The van der Waals surface area contributed by atoms with Crippen LogP contribution in [0.3, 0.4) is 0 Å². The molecule has 1 N–H and O–H groups in total. The number of aromatic nitrogens is 1. The van der Waals surface area contributed by atoms with Crippen molar-refractivity contribution in [1.29, 1.82) is 0 Å². The largest absolute Gasteiger partial charge is 0.338 e. The van der Waals surface area contributed by atoms with Crippen molar-refractivity contribution in [1.82, 2.24) is 9.88 Å². The van der Waals surface area contributed by atoms with Crippen LogP contribution in [0.15, 0.2) is 10.9 Å². The minimum Gasteiger partial charge on any atom is -0.338 e. The van der Waals surface area contributed by atoms with Gasteiger partial charge in [-0.05, 0) is 37.7 Å². The number of aryl methyl sites for hydroxylation is 1. The van der Waals surface area contributed by atoms with Crippen LogP contribution in [-0.2, 0) is 6.42 Å². The zero-order valence-corrected chi connectivity index (χ0v) is 13.9. The van der Waals surface area contributed by atoms with Crippen molar-refractivity contribution in [3.05, 3.63) is 33.2 Å². The fraction of sp³-hybridized carbons (Fsp3) is 0.611. The van der Waals surface area contributed by atoms with E-state index in [-0.39, 0.29) is 28.9 Å². The number of fused-ring (bicyclic) bond motifs is 1. The maximum atomic E-state index is 12.8. The average molecular weight is 316 g/mol. The van der Waals surface area contributed by atoms with Gasteiger partial charge in [-0.2, -0.15) is 0 Å². The first-order valence-electron chi connectivity index (χ1n) is 8.55. The number of H-pyrrole nitrogens is 1. The second kappa shape index (κ2) is 6.30. The maximum absolute atomic E-state index is 12.8. The van der Waals surface area contributed by atoms with Gasteiger partial charge >= 0.3 is 0 Å². The Morgan fingerprint density at radius 2 is 1.91 bits per heavy atom. The molecule has 0 bridgehead atoms. The lowest BCUT2D eigenvalue weighted by molar-refractivity contribution is 0.0627. The molecule has 3 rings (SSSR count). The summed E-state index contributed by atoms with van der Waals surface area (Å²) in [6, 6.07) is 1.68. The molecule has 0 aliphatic heterocycles. The number of carbonyl (C=O) groups is 2. The predicted octanol–water partition coefficient (Wildman–Crippen LogP) is 2.54. The normalized spacial score (nSPS) is 24.2. The summed E-state index contributed by atoms with van der Waals surface area (Å²) >= 11 is 0. The molecule has 0 saturated heterocycles. The molecular weight excluding hydrogens is 292 g/mol. The molecular formula is C18H24N2O3. The summed E-state index contributed by atoms with van der Waals surface area (Å²) in [5, 5.41) is 0. The van der Waals surface area contributed by atoms with E-state index in [0.29, 0.717) is 30.0 Å². The van der Waals surface area contributed by atoms with Crippen LogP contribution in [-0.4, -0.2) is 34.7 Å². The number of nitrogens with one attached hydrogen (secondary N) is 1. The highest BCUT2D eigenvalue weighted by atomic mass is 16.2. The van der Waals surface area contributed by atoms with Crippen molar-refractivity contribution in [2.24, 2.45) is 5.92 Å². The first-order chi connectivity index (χ1) is 11.0. The molecule has 1 heterocycles. The molecule has 1 aromatic heterocycles. The van der Waals surface area contributed by atoms with Crippen LogP contribution >= 0.6 is 0 Å². The Hall–Kier alpha value is -1.91. The zero-order valence-electron chi connectivity index (χ0n) is 13.9. The van der Waals surface area contributed by atoms with Crippen LogP contribution in [0, 0.1) is 5.92 Å². The van der Waals surface area contributed by atoms with Crippen LogP contribution in [0.25, 0.3) is 0 Å². The van der Waals surface area contributed by atoms with Gasteiger partial charge in [0.25, 0.3) is 11.5 Å². The number of hydrogen-bond acceptors (Lipinski definition) is 3. The van der Waals surface area contributed by atoms with Gasteiger partial charge in [-0.3, -0.25) is 14.4 Å². The molecule has 0 radical (unpaired) electrons. The van der Waals surface area contributed by atoms with Crippen LogP contribution in [0.4, 0.5) is 0 Å². The molecule has 124 valence electrons. The Balaban J connectivity index is 1.91. The lowest BCUT2D eigenvalue weighted by Crippen LogP contribution is -2.44. The van der Waals surface area contributed by atoms with Gasteiger partial charge in [0, 0.05) is 30.8 Å². The second-order valence-corrected chi connectivity index (χ2v) is 6.93. The van der Waals surface area contributed by atoms with Crippen molar-refractivity contribution in [2.75, 3.05) is 7.05 Å². The minimum atomic E-state index is -0.376. The predicted molar refractivity (Wildman–Crippen MR) is 87.8 cm³/mol. The number of rotatable bonds is 2. The zero-order chi connectivity index (χ0) is 16.6. The van der Waals surface area contributed by atoms with Crippen molar-refractivity contribution in [2.45, 2.75) is 57.9 Å². The number of hydrogen-bond donors (Lipinski definition) is 1. The Labute approximate surface area is 136 Å². The van der Waals surface area contributed by atoms with Crippen molar-refractivity contribution >= 4 is 11.7 Å². The number of aromatic amines is 1. The number of ketones is 1. The standard InChI is InChI=1S/C18H24N2O3/c1-11-6-3-4-8-15(11)20(2)18(23)13-10-12-14(19-17(13)22)7-5-9-16(12)21/h10-11,15H,3-9H2,1-2H3,(H,19,22)/t11-,15+/m0/s1. The first kappa shape index (κ1) is 16.0. The molecule has 0 spiro atoms. The number of carbonyl (C=O) groups excluding carboxylic acids is 2. The molecule has 5 heteroatoms. The Bertz CT molecular complexity index is 692. The summed E-state index contributed by atoms with van der Waals surface area (Å²) in [7, 11) is 1.77. The summed E-state index contributed by atoms with van der Waals surface area (Å²) in [4.78, 5) is 41.6. The molecule has 5 nitrogen and oxygen atoms in total. The van der Waals surface area contributed by atoms with Gasteiger partial charge in [0.15, 0.2) is 5.78 Å². The Kier molecular flexibility index (Phi) is 4.37. The van der Waals surface area contributed by atoms with E-state index in [1.807, 2.05) is 0 Å². The van der Waals surface area contributed by atoms with Crippen LogP contribution in [0.2, 0.25) is 0 Å².